The Morgan fingerprint density at radius 3 is 2.38 bits per heavy atom. The van der Waals surface area contributed by atoms with Gasteiger partial charge in [-0.3, -0.25) is 14.9 Å². The Balaban J connectivity index is 3.49. The number of benzene rings is 1. The molecule has 0 aliphatic rings. The molecule has 0 unspecified atom stereocenters. The Morgan fingerprint density at radius 2 is 2.00 bits per heavy atom. The molecular formula is C10H9F2NO3. The van der Waals surface area contributed by atoms with Crippen LogP contribution in [0.4, 0.5) is 14.5 Å². The highest BCUT2D eigenvalue weighted by Crippen LogP contribution is 2.31. The third-order valence-electron chi connectivity index (χ3n) is 2.18. The second-order valence-electron chi connectivity index (χ2n) is 3.34. The summed E-state index contributed by atoms with van der Waals surface area (Å²) in [5.74, 6) is -0.388. The van der Waals surface area contributed by atoms with Crippen molar-refractivity contribution in [2.75, 3.05) is 0 Å². The quantitative estimate of drug-likeness (QED) is 0.454. The predicted molar refractivity (Wildman–Crippen MR) is 52.8 cm³/mol. The van der Waals surface area contributed by atoms with Crippen molar-refractivity contribution in [3.63, 3.8) is 0 Å². The van der Waals surface area contributed by atoms with Gasteiger partial charge < -0.3 is 0 Å². The average molecular weight is 229 g/mol. The van der Waals surface area contributed by atoms with Crippen molar-refractivity contribution in [1.29, 1.82) is 0 Å². The van der Waals surface area contributed by atoms with E-state index in [1.54, 1.807) is 0 Å². The number of Topliss-reactive ketones (excluding diaryl/α,β-unsaturated/α-hetero) is 1. The molecule has 6 heteroatoms. The van der Waals surface area contributed by atoms with Gasteiger partial charge in [-0.1, -0.05) is 0 Å². The van der Waals surface area contributed by atoms with E-state index in [0.717, 1.165) is 12.1 Å². The molecule has 0 fully saturated rings. The molecule has 0 N–H and O–H groups in total. The van der Waals surface area contributed by atoms with Gasteiger partial charge in [-0.05, 0) is 25.5 Å². The maximum Gasteiger partial charge on any atom is 0.279 e. The lowest BCUT2D eigenvalue weighted by Crippen LogP contribution is -2.03. The zero-order chi connectivity index (χ0) is 12.5. The molecule has 0 saturated heterocycles. The molecule has 0 atom stereocenters. The minimum Gasteiger partial charge on any atom is -0.294 e. The highest BCUT2D eigenvalue weighted by Gasteiger charge is 2.24. The molecule has 0 aliphatic heterocycles. The van der Waals surface area contributed by atoms with E-state index >= 15 is 0 Å². The summed E-state index contributed by atoms with van der Waals surface area (Å²) in [7, 11) is 0. The molecule has 86 valence electrons. The molecule has 1 rings (SSSR count). The zero-order valence-corrected chi connectivity index (χ0v) is 8.66. The van der Waals surface area contributed by atoms with Crippen molar-refractivity contribution in [2.45, 2.75) is 20.3 Å². The number of ketones is 1. The molecule has 1 aromatic carbocycles. The largest absolute Gasteiger partial charge is 0.294 e. The van der Waals surface area contributed by atoms with Gasteiger partial charge in [0.1, 0.15) is 0 Å². The van der Waals surface area contributed by atoms with E-state index in [4.69, 9.17) is 0 Å². The van der Waals surface area contributed by atoms with E-state index in [1.165, 1.54) is 13.8 Å². The number of nitrogens with zero attached hydrogens (tertiary/aromatic N) is 1. The second kappa shape index (κ2) is 4.34. The third-order valence-corrected chi connectivity index (χ3v) is 2.18. The molecule has 4 nitrogen and oxygen atoms in total. The van der Waals surface area contributed by atoms with Crippen LogP contribution in [0.15, 0.2) is 12.1 Å². The topological polar surface area (TPSA) is 60.2 Å². The average Bonchev–Trinajstić information content (AvgIpc) is 2.15. The second-order valence-corrected chi connectivity index (χ2v) is 3.34. The van der Waals surface area contributed by atoms with Gasteiger partial charge in [0.05, 0.1) is 10.5 Å². The molecule has 0 heterocycles. The van der Waals surface area contributed by atoms with Gasteiger partial charge in [0.25, 0.3) is 12.1 Å². The van der Waals surface area contributed by atoms with Crippen molar-refractivity contribution in [3.05, 3.63) is 38.9 Å². The Bertz CT molecular complexity index is 458. The van der Waals surface area contributed by atoms with Crippen LogP contribution in [0, 0.1) is 17.0 Å². The minimum absolute atomic E-state index is 0.0936. The number of carbonyl (C=O) groups is 1. The summed E-state index contributed by atoms with van der Waals surface area (Å²) in [6, 6.07) is 1.89. The van der Waals surface area contributed by atoms with Crippen LogP contribution >= 0.6 is 0 Å². The molecule has 0 spiro atoms. The van der Waals surface area contributed by atoms with Gasteiger partial charge in [-0.2, -0.15) is 0 Å². The summed E-state index contributed by atoms with van der Waals surface area (Å²) in [6.07, 6.45) is -2.93. The molecule has 16 heavy (non-hydrogen) atoms. The number of alkyl halides is 2. The summed E-state index contributed by atoms with van der Waals surface area (Å²) in [4.78, 5) is 20.8. The molecule has 0 aliphatic carbocycles. The van der Waals surface area contributed by atoms with Gasteiger partial charge in [0, 0.05) is 11.6 Å². The fourth-order valence-corrected chi connectivity index (χ4v) is 1.43. The van der Waals surface area contributed by atoms with Crippen molar-refractivity contribution < 1.29 is 18.5 Å². The van der Waals surface area contributed by atoms with Crippen LogP contribution in [0.2, 0.25) is 0 Å². The maximum atomic E-state index is 12.5. The Morgan fingerprint density at radius 1 is 1.44 bits per heavy atom. The predicted octanol–water partition coefficient (Wildman–Crippen LogP) is 3.04. The van der Waals surface area contributed by atoms with Crippen LogP contribution in [0.5, 0.6) is 0 Å². The molecule has 1 aromatic rings. The molecule has 0 saturated carbocycles. The van der Waals surface area contributed by atoms with Gasteiger partial charge in [-0.15, -0.1) is 0 Å². The monoisotopic (exact) mass is 229 g/mol. The standard InChI is InChI=1S/C10H9F2NO3/c1-5-3-8(10(11)12)9(13(15)16)4-7(5)6(2)14/h3-4,10H,1-2H3. The zero-order valence-electron chi connectivity index (χ0n) is 8.66. The van der Waals surface area contributed by atoms with E-state index in [9.17, 15) is 23.7 Å². The lowest BCUT2D eigenvalue weighted by Gasteiger charge is -2.06. The number of carbonyl (C=O) groups excluding carboxylic acids is 1. The molecule has 0 bridgehead atoms. The van der Waals surface area contributed by atoms with Gasteiger partial charge >= 0.3 is 0 Å². The van der Waals surface area contributed by atoms with E-state index in [-0.39, 0.29) is 11.3 Å². The van der Waals surface area contributed by atoms with Crippen molar-refractivity contribution in [1.82, 2.24) is 0 Å². The van der Waals surface area contributed by atoms with Crippen LogP contribution in [-0.2, 0) is 0 Å². The first kappa shape index (κ1) is 12.2. The van der Waals surface area contributed by atoms with Crippen molar-refractivity contribution in [3.8, 4) is 0 Å². The number of halogens is 2. The maximum absolute atomic E-state index is 12.5. The van der Waals surface area contributed by atoms with Crippen LogP contribution in [-0.4, -0.2) is 10.7 Å². The summed E-state index contributed by atoms with van der Waals surface area (Å²) in [5, 5.41) is 10.6. The molecule has 0 aromatic heterocycles. The number of nitro benzene ring substituents is 1. The number of hydrogen-bond donors (Lipinski definition) is 0. The van der Waals surface area contributed by atoms with Crippen LogP contribution in [0.1, 0.15) is 34.8 Å². The van der Waals surface area contributed by atoms with E-state index in [2.05, 4.69) is 0 Å². The van der Waals surface area contributed by atoms with Gasteiger partial charge in [0.2, 0.25) is 0 Å². The normalized spacial score (nSPS) is 10.6. The first-order valence-electron chi connectivity index (χ1n) is 4.42. The highest BCUT2D eigenvalue weighted by molar-refractivity contribution is 5.96. The number of rotatable bonds is 3. The number of nitro groups is 1. The lowest BCUT2D eigenvalue weighted by molar-refractivity contribution is -0.386. The Kier molecular flexibility index (Phi) is 3.31. The summed E-state index contributed by atoms with van der Waals surface area (Å²) in [6.45, 7) is 2.69. The van der Waals surface area contributed by atoms with E-state index in [0.29, 0.717) is 5.56 Å². The molecule has 0 amide bonds. The smallest absolute Gasteiger partial charge is 0.279 e. The highest BCUT2D eigenvalue weighted by atomic mass is 19.3. The molecule has 0 radical (unpaired) electrons. The minimum atomic E-state index is -2.93. The van der Waals surface area contributed by atoms with Crippen LogP contribution in [0.25, 0.3) is 0 Å². The SMILES string of the molecule is CC(=O)c1cc([N+](=O)[O-])c(C(F)F)cc1C. The lowest BCUT2D eigenvalue weighted by atomic mass is 10.0. The Hall–Kier alpha value is -1.85. The fraction of sp³-hybridized carbons (Fsp3) is 0.300. The van der Waals surface area contributed by atoms with Crippen molar-refractivity contribution in [2.24, 2.45) is 0 Å². The number of aryl methyl sites for hydroxylation is 1. The summed E-state index contributed by atoms with van der Waals surface area (Å²) < 4.78 is 25.0. The van der Waals surface area contributed by atoms with E-state index < -0.39 is 22.6 Å². The van der Waals surface area contributed by atoms with Gasteiger partial charge in [0.15, 0.2) is 5.78 Å². The Labute approximate surface area is 90.0 Å². The first-order chi connectivity index (χ1) is 7.34. The van der Waals surface area contributed by atoms with Crippen LogP contribution in [0.3, 0.4) is 0 Å². The van der Waals surface area contributed by atoms with Gasteiger partial charge in [-0.25, -0.2) is 8.78 Å². The fourth-order valence-electron chi connectivity index (χ4n) is 1.43. The van der Waals surface area contributed by atoms with Crippen molar-refractivity contribution >= 4 is 11.5 Å². The summed E-state index contributed by atoms with van der Waals surface area (Å²) in [5.41, 5.74) is -0.970. The molecular weight excluding hydrogens is 220 g/mol. The number of hydrogen-bond acceptors (Lipinski definition) is 3. The summed E-state index contributed by atoms with van der Waals surface area (Å²) >= 11 is 0. The van der Waals surface area contributed by atoms with E-state index in [1.807, 2.05) is 0 Å². The van der Waals surface area contributed by atoms with Crippen LogP contribution < -0.4 is 0 Å². The first-order valence-corrected chi connectivity index (χ1v) is 4.42. The third kappa shape index (κ3) is 2.21.